The van der Waals surface area contributed by atoms with Crippen LogP contribution in [0.3, 0.4) is 0 Å². The van der Waals surface area contributed by atoms with Gasteiger partial charge in [0.2, 0.25) is 0 Å². The second-order valence-electron chi connectivity index (χ2n) is 6.35. The molecule has 0 aliphatic heterocycles. The van der Waals surface area contributed by atoms with Crippen LogP contribution in [0.5, 0.6) is 0 Å². The minimum absolute atomic E-state index is 0. The Morgan fingerprint density at radius 3 is 2.21 bits per heavy atom. The number of aliphatic carboxylic acids is 1. The van der Waals surface area contributed by atoms with Crippen LogP contribution in [-0.2, 0) is 4.79 Å². The first kappa shape index (κ1) is 16.8. The highest BCUT2D eigenvalue weighted by Crippen LogP contribution is 2.39. The van der Waals surface area contributed by atoms with E-state index in [-0.39, 0.29) is 17.8 Å². The smallest absolute Gasteiger partial charge is 0.303 e. The zero-order valence-electron chi connectivity index (χ0n) is 11.8. The maximum Gasteiger partial charge on any atom is 0.303 e. The summed E-state index contributed by atoms with van der Waals surface area (Å²) in [6.07, 6.45) is 12.9. The molecule has 2 saturated carbocycles. The predicted molar refractivity (Wildman–Crippen MR) is 79.9 cm³/mol. The standard InChI is InChI=1S/C15H27NO2.ClH/c17-14(18)11-15(9-5-2-6-10-15)12-16-13-7-3-1-4-8-13;/h13,16H,1-12H2,(H,17,18);1H. The number of carboxylic acids is 1. The van der Waals surface area contributed by atoms with Crippen molar-refractivity contribution in [3.63, 3.8) is 0 Å². The fourth-order valence-corrected chi connectivity index (χ4v) is 3.71. The van der Waals surface area contributed by atoms with E-state index >= 15 is 0 Å². The molecule has 2 rings (SSSR count). The Morgan fingerprint density at radius 2 is 1.63 bits per heavy atom. The Hall–Kier alpha value is -0.280. The molecule has 0 aromatic carbocycles. The molecular weight excluding hydrogens is 262 g/mol. The predicted octanol–water partition coefficient (Wildman–Crippen LogP) is 3.76. The number of hydrogen-bond acceptors (Lipinski definition) is 2. The van der Waals surface area contributed by atoms with Crippen LogP contribution >= 0.6 is 12.4 Å². The van der Waals surface area contributed by atoms with E-state index in [0.29, 0.717) is 12.5 Å². The van der Waals surface area contributed by atoms with Crippen molar-refractivity contribution in [3.8, 4) is 0 Å². The molecule has 0 aromatic heterocycles. The van der Waals surface area contributed by atoms with Gasteiger partial charge in [-0.3, -0.25) is 4.79 Å². The van der Waals surface area contributed by atoms with Crippen LogP contribution in [0.1, 0.15) is 70.6 Å². The van der Waals surface area contributed by atoms with Crippen molar-refractivity contribution in [2.75, 3.05) is 6.54 Å². The molecule has 0 unspecified atom stereocenters. The average molecular weight is 290 g/mol. The van der Waals surface area contributed by atoms with Crippen LogP contribution in [0.4, 0.5) is 0 Å². The first-order chi connectivity index (χ1) is 8.70. The normalized spacial score (nSPS) is 23.6. The number of hydrogen-bond donors (Lipinski definition) is 2. The van der Waals surface area contributed by atoms with Crippen LogP contribution in [0.15, 0.2) is 0 Å². The van der Waals surface area contributed by atoms with Crippen molar-refractivity contribution >= 4 is 18.4 Å². The molecule has 0 bridgehead atoms. The summed E-state index contributed by atoms with van der Waals surface area (Å²) < 4.78 is 0. The molecule has 2 N–H and O–H groups in total. The zero-order valence-corrected chi connectivity index (χ0v) is 12.6. The van der Waals surface area contributed by atoms with Gasteiger partial charge in [-0.15, -0.1) is 12.4 Å². The Morgan fingerprint density at radius 1 is 1.05 bits per heavy atom. The summed E-state index contributed by atoms with van der Waals surface area (Å²) >= 11 is 0. The van der Waals surface area contributed by atoms with Gasteiger partial charge in [-0.25, -0.2) is 0 Å². The minimum atomic E-state index is -0.623. The molecule has 0 radical (unpaired) electrons. The van der Waals surface area contributed by atoms with Crippen molar-refractivity contribution in [1.82, 2.24) is 5.32 Å². The first-order valence-corrected chi connectivity index (χ1v) is 7.65. The van der Waals surface area contributed by atoms with Gasteiger partial charge in [0.15, 0.2) is 0 Å². The fraction of sp³-hybridized carbons (Fsp3) is 0.933. The number of halogens is 1. The molecule has 3 nitrogen and oxygen atoms in total. The Kier molecular flexibility index (Phi) is 7.16. The molecule has 2 aliphatic rings. The topological polar surface area (TPSA) is 49.3 Å². The molecule has 0 atom stereocenters. The highest BCUT2D eigenvalue weighted by Gasteiger charge is 2.34. The van der Waals surface area contributed by atoms with Gasteiger partial charge in [-0.2, -0.15) is 0 Å². The summed E-state index contributed by atoms with van der Waals surface area (Å²) in [5, 5.41) is 12.8. The van der Waals surface area contributed by atoms with Gasteiger partial charge >= 0.3 is 5.97 Å². The molecule has 19 heavy (non-hydrogen) atoms. The minimum Gasteiger partial charge on any atom is -0.481 e. The summed E-state index contributed by atoms with van der Waals surface area (Å²) in [7, 11) is 0. The Balaban J connectivity index is 0.00000180. The third kappa shape index (κ3) is 5.31. The van der Waals surface area contributed by atoms with Crippen LogP contribution in [-0.4, -0.2) is 23.7 Å². The molecule has 4 heteroatoms. The lowest BCUT2D eigenvalue weighted by Crippen LogP contribution is -2.42. The molecule has 0 spiro atoms. The van der Waals surface area contributed by atoms with Crippen molar-refractivity contribution < 1.29 is 9.90 Å². The Bertz CT molecular complexity index is 271. The maximum atomic E-state index is 11.1. The monoisotopic (exact) mass is 289 g/mol. The van der Waals surface area contributed by atoms with Crippen LogP contribution in [0.25, 0.3) is 0 Å². The third-order valence-corrected chi connectivity index (χ3v) is 4.81. The van der Waals surface area contributed by atoms with Crippen LogP contribution in [0.2, 0.25) is 0 Å². The van der Waals surface area contributed by atoms with E-state index in [1.54, 1.807) is 0 Å². The maximum absolute atomic E-state index is 11.1. The third-order valence-electron chi connectivity index (χ3n) is 4.81. The lowest BCUT2D eigenvalue weighted by Gasteiger charge is -2.38. The van der Waals surface area contributed by atoms with Crippen molar-refractivity contribution in [1.29, 1.82) is 0 Å². The summed E-state index contributed by atoms with van der Waals surface area (Å²) in [6, 6.07) is 0.645. The molecule has 0 saturated heterocycles. The zero-order chi connectivity index (χ0) is 12.8. The van der Waals surface area contributed by atoms with Gasteiger partial charge in [-0.05, 0) is 31.1 Å². The van der Waals surface area contributed by atoms with Crippen molar-refractivity contribution in [2.24, 2.45) is 5.41 Å². The molecule has 0 amide bonds. The SMILES string of the molecule is Cl.O=C(O)CC1(CNC2CCCCC2)CCCCC1. The van der Waals surface area contributed by atoms with Crippen LogP contribution < -0.4 is 5.32 Å². The van der Waals surface area contributed by atoms with E-state index in [1.165, 1.54) is 51.4 Å². The summed E-state index contributed by atoms with van der Waals surface area (Å²) in [4.78, 5) is 11.1. The quantitative estimate of drug-likeness (QED) is 0.810. The van der Waals surface area contributed by atoms with Crippen LogP contribution in [0, 0.1) is 5.41 Å². The van der Waals surface area contributed by atoms with Gasteiger partial charge in [0.05, 0.1) is 6.42 Å². The Labute approximate surface area is 122 Å². The van der Waals surface area contributed by atoms with Gasteiger partial charge < -0.3 is 10.4 Å². The summed E-state index contributed by atoms with van der Waals surface area (Å²) in [6.45, 7) is 0.921. The molecular formula is C15H28ClNO2. The highest BCUT2D eigenvalue weighted by molar-refractivity contribution is 5.85. The van der Waals surface area contributed by atoms with Gasteiger partial charge in [0.25, 0.3) is 0 Å². The van der Waals surface area contributed by atoms with Gasteiger partial charge in [0, 0.05) is 12.6 Å². The summed E-state index contributed by atoms with van der Waals surface area (Å²) in [5.74, 6) is -0.623. The van der Waals surface area contributed by atoms with Crippen molar-refractivity contribution in [2.45, 2.75) is 76.7 Å². The summed E-state index contributed by atoms with van der Waals surface area (Å²) in [5.41, 5.74) is 0.0432. The highest BCUT2D eigenvalue weighted by atomic mass is 35.5. The van der Waals surface area contributed by atoms with E-state index in [0.717, 1.165) is 19.4 Å². The second kappa shape index (κ2) is 8.11. The van der Waals surface area contributed by atoms with E-state index in [9.17, 15) is 4.79 Å². The van der Waals surface area contributed by atoms with E-state index < -0.39 is 5.97 Å². The second-order valence-corrected chi connectivity index (χ2v) is 6.35. The molecule has 0 aromatic rings. The molecule has 2 aliphatic carbocycles. The van der Waals surface area contributed by atoms with E-state index in [1.807, 2.05) is 0 Å². The van der Waals surface area contributed by atoms with Gasteiger partial charge in [-0.1, -0.05) is 38.5 Å². The van der Waals surface area contributed by atoms with Crippen molar-refractivity contribution in [3.05, 3.63) is 0 Å². The first-order valence-electron chi connectivity index (χ1n) is 7.65. The number of carboxylic acid groups (broad SMARTS) is 1. The lowest BCUT2D eigenvalue weighted by molar-refractivity contribution is -0.140. The lowest BCUT2D eigenvalue weighted by atomic mass is 9.71. The largest absolute Gasteiger partial charge is 0.481 e. The number of carbonyl (C=O) groups is 1. The molecule has 0 heterocycles. The van der Waals surface area contributed by atoms with Gasteiger partial charge in [0.1, 0.15) is 0 Å². The fourth-order valence-electron chi connectivity index (χ4n) is 3.71. The van der Waals surface area contributed by atoms with E-state index in [2.05, 4.69) is 5.32 Å². The average Bonchev–Trinajstić information content (AvgIpc) is 2.38. The van der Waals surface area contributed by atoms with E-state index in [4.69, 9.17) is 5.11 Å². The molecule has 112 valence electrons. The number of rotatable bonds is 5. The molecule has 2 fully saturated rings. The number of nitrogens with one attached hydrogen (secondary N) is 1.